The quantitative estimate of drug-likeness (QED) is 0.556. The predicted octanol–water partition coefficient (Wildman–Crippen LogP) is 1.47. The largest absolute Gasteiger partial charge is 0.485 e. The van der Waals surface area contributed by atoms with Gasteiger partial charge in [0.25, 0.3) is 11.8 Å². The molecule has 10 nitrogen and oxygen atoms in total. The zero-order chi connectivity index (χ0) is 22.8. The van der Waals surface area contributed by atoms with Crippen molar-refractivity contribution >= 4 is 23.2 Å². The van der Waals surface area contributed by atoms with Crippen LogP contribution in [-0.2, 0) is 16.1 Å². The first-order valence-corrected chi connectivity index (χ1v) is 11.5. The second kappa shape index (κ2) is 9.10. The van der Waals surface area contributed by atoms with Gasteiger partial charge < -0.3 is 23.7 Å². The molecule has 4 heterocycles. The molecule has 1 fully saturated rings. The Labute approximate surface area is 192 Å². The minimum absolute atomic E-state index is 0.0964. The van der Waals surface area contributed by atoms with Crippen LogP contribution in [0, 0.1) is 0 Å². The van der Waals surface area contributed by atoms with E-state index < -0.39 is 11.9 Å². The highest BCUT2D eigenvalue weighted by atomic mass is 32.1. The van der Waals surface area contributed by atoms with E-state index in [4.69, 9.17) is 13.9 Å². The molecule has 0 bridgehead atoms. The van der Waals surface area contributed by atoms with E-state index in [0.29, 0.717) is 37.7 Å². The van der Waals surface area contributed by atoms with Crippen LogP contribution in [0.1, 0.15) is 6.42 Å². The van der Waals surface area contributed by atoms with Gasteiger partial charge in [0.15, 0.2) is 11.5 Å². The van der Waals surface area contributed by atoms with Crippen molar-refractivity contribution in [3.63, 3.8) is 0 Å². The molecule has 2 aliphatic heterocycles. The number of fused-ring (bicyclic) bond motifs is 1. The number of aryl methyl sites for hydroxylation is 1. The summed E-state index contributed by atoms with van der Waals surface area (Å²) in [6, 6.07) is 10.9. The molecule has 3 aromatic rings. The number of para-hydroxylation sites is 2. The van der Waals surface area contributed by atoms with Crippen LogP contribution < -0.4 is 15.2 Å². The molecule has 2 amide bonds. The third-order valence-electron chi connectivity index (χ3n) is 5.60. The number of benzene rings is 1. The number of piperazine rings is 1. The van der Waals surface area contributed by atoms with E-state index in [9.17, 15) is 14.4 Å². The van der Waals surface area contributed by atoms with Crippen LogP contribution >= 0.6 is 11.3 Å². The van der Waals surface area contributed by atoms with Crippen molar-refractivity contribution in [1.82, 2.24) is 19.6 Å². The number of carbonyl (C=O) groups excluding carboxylic acids is 2. The van der Waals surface area contributed by atoms with Crippen LogP contribution in [0.25, 0.3) is 10.8 Å². The second-order valence-corrected chi connectivity index (χ2v) is 8.64. The summed E-state index contributed by atoms with van der Waals surface area (Å²) in [6.07, 6.45) is -0.570. The molecule has 2 aliphatic rings. The van der Waals surface area contributed by atoms with Gasteiger partial charge in [-0.05, 0) is 23.6 Å². The standard InChI is InChI=1S/C22H22N4O6S/c27-19(7-8-26-22(29)32-20(23-26)18-6-3-13-33-18)24-9-11-25(12-10-24)21(28)17-14-30-15-4-1-2-5-16(15)31-17/h1-6,13,17H,7-12,14H2. The van der Waals surface area contributed by atoms with Crippen LogP contribution in [-0.4, -0.2) is 70.3 Å². The van der Waals surface area contributed by atoms with Crippen molar-refractivity contribution in [2.24, 2.45) is 0 Å². The molecule has 0 saturated carbocycles. The SMILES string of the molecule is O=C(CCn1nc(-c2cccs2)oc1=O)N1CCN(C(=O)C2COc3ccccc3O2)CC1. The van der Waals surface area contributed by atoms with Crippen molar-refractivity contribution in [2.45, 2.75) is 19.1 Å². The molecule has 11 heteroatoms. The minimum Gasteiger partial charge on any atom is -0.485 e. The lowest BCUT2D eigenvalue weighted by Crippen LogP contribution is -2.55. The van der Waals surface area contributed by atoms with Gasteiger partial charge in [-0.1, -0.05) is 18.2 Å². The molecule has 0 spiro atoms. The number of hydrogen-bond acceptors (Lipinski definition) is 8. The molecule has 1 saturated heterocycles. The fourth-order valence-corrected chi connectivity index (χ4v) is 4.47. The van der Waals surface area contributed by atoms with Crippen molar-refractivity contribution in [3.05, 3.63) is 52.3 Å². The molecule has 0 aliphatic carbocycles. The second-order valence-electron chi connectivity index (χ2n) is 7.69. The molecule has 1 aromatic carbocycles. The summed E-state index contributed by atoms with van der Waals surface area (Å²) in [7, 11) is 0. The minimum atomic E-state index is -0.696. The average Bonchev–Trinajstić information content (AvgIpc) is 3.52. The Kier molecular flexibility index (Phi) is 5.86. The fraction of sp³-hybridized carbons (Fsp3) is 0.364. The topological polar surface area (TPSA) is 107 Å². The summed E-state index contributed by atoms with van der Waals surface area (Å²) < 4.78 is 17.8. The van der Waals surface area contributed by atoms with E-state index in [1.54, 1.807) is 21.9 Å². The number of aromatic nitrogens is 2. The Morgan fingerprint density at radius 3 is 2.55 bits per heavy atom. The maximum Gasteiger partial charge on any atom is 0.437 e. The first kappa shape index (κ1) is 21.3. The van der Waals surface area contributed by atoms with Crippen molar-refractivity contribution in [2.75, 3.05) is 32.8 Å². The smallest absolute Gasteiger partial charge is 0.437 e. The van der Waals surface area contributed by atoms with Gasteiger partial charge >= 0.3 is 5.76 Å². The molecule has 1 unspecified atom stereocenters. The normalized spacial score (nSPS) is 17.8. The van der Waals surface area contributed by atoms with Gasteiger partial charge in [0.1, 0.15) is 6.61 Å². The van der Waals surface area contributed by atoms with Gasteiger partial charge in [-0.3, -0.25) is 9.59 Å². The van der Waals surface area contributed by atoms with Crippen LogP contribution in [0.15, 0.2) is 51.0 Å². The Hall–Kier alpha value is -3.60. The van der Waals surface area contributed by atoms with E-state index in [0.717, 1.165) is 4.88 Å². The predicted molar refractivity (Wildman–Crippen MR) is 118 cm³/mol. The van der Waals surface area contributed by atoms with Gasteiger partial charge in [0, 0.05) is 32.6 Å². The van der Waals surface area contributed by atoms with Gasteiger partial charge in [-0.25, -0.2) is 4.79 Å². The van der Waals surface area contributed by atoms with Crippen molar-refractivity contribution in [1.29, 1.82) is 0 Å². The lowest BCUT2D eigenvalue weighted by atomic mass is 10.2. The van der Waals surface area contributed by atoms with Gasteiger partial charge in [0.05, 0.1) is 11.4 Å². The Morgan fingerprint density at radius 2 is 1.79 bits per heavy atom. The monoisotopic (exact) mass is 470 g/mol. The Bertz CT molecular complexity index is 1200. The first-order valence-electron chi connectivity index (χ1n) is 10.7. The zero-order valence-corrected chi connectivity index (χ0v) is 18.5. The van der Waals surface area contributed by atoms with Crippen LogP contribution in [0.4, 0.5) is 0 Å². The molecular formula is C22H22N4O6S. The number of nitrogens with zero attached hydrogens (tertiary/aromatic N) is 4. The Balaban J connectivity index is 1.11. The van der Waals surface area contributed by atoms with Crippen LogP contribution in [0.5, 0.6) is 11.5 Å². The molecule has 0 N–H and O–H groups in total. The summed E-state index contributed by atoms with van der Waals surface area (Å²) in [5.74, 6) is 0.614. The number of carbonyl (C=O) groups is 2. The molecule has 172 valence electrons. The fourth-order valence-electron chi connectivity index (χ4n) is 3.83. The number of thiophene rings is 1. The first-order chi connectivity index (χ1) is 16.1. The lowest BCUT2D eigenvalue weighted by Gasteiger charge is -2.37. The highest BCUT2D eigenvalue weighted by Gasteiger charge is 2.33. The molecule has 1 atom stereocenters. The maximum atomic E-state index is 12.8. The van der Waals surface area contributed by atoms with Crippen molar-refractivity contribution < 1.29 is 23.5 Å². The van der Waals surface area contributed by atoms with Gasteiger partial charge in [0.2, 0.25) is 12.0 Å². The molecule has 33 heavy (non-hydrogen) atoms. The summed E-state index contributed by atoms with van der Waals surface area (Å²) in [5.41, 5.74) is 0. The highest BCUT2D eigenvalue weighted by molar-refractivity contribution is 7.13. The van der Waals surface area contributed by atoms with Crippen molar-refractivity contribution in [3.8, 4) is 22.3 Å². The molecule has 2 aromatic heterocycles. The zero-order valence-electron chi connectivity index (χ0n) is 17.7. The molecular weight excluding hydrogens is 448 g/mol. The van der Waals surface area contributed by atoms with Crippen LogP contribution in [0.3, 0.4) is 0 Å². The van der Waals surface area contributed by atoms with E-state index in [-0.39, 0.29) is 37.3 Å². The summed E-state index contributed by atoms with van der Waals surface area (Å²) in [6.45, 7) is 1.97. The summed E-state index contributed by atoms with van der Waals surface area (Å²) in [4.78, 5) is 41.7. The van der Waals surface area contributed by atoms with E-state index in [1.807, 2.05) is 29.6 Å². The highest BCUT2D eigenvalue weighted by Crippen LogP contribution is 2.31. The third kappa shape index (κ3) is 4.49. The summed E-state index contributed by atoms with van der Waals surface area (Å²) in [5, 5.41) is 6.04. The molecule has 5 rings (SSSR count). The Morgan fingerprint density at radius 1 is 1.03 bits per heavy atom. The average molecular weight is 471 g/mol. The number of hydrogen-bond donors (Lipinski definition) is 0. The van der Waals surface area contributed by atoms with E-state index >= 15 is 0 Å². The lowest BCUT2D eigenvalue weighted by molar-refractivity contribution is -0.146. The van der Waals surface area contributed by atoms with E-state index in [1.165, 1.54) is 16.0 Å². The number of ether oxygens (including phenoxy) is 2. The maximum absolute atomic E-state index is 12.8. The summed E-state index contributed by atoms with van der Waals surface area (Å²) >= 11 is 1.42. The third-order valence-corrected chi connectivity index (χ3v) is 6.46. The number of amides is 2. The van der Waals surface area contributed by atoms with Gasteiger partial charge in [-0.2, -0.15) is 4.68 Å². The van der Waals surface area contributed by atoms with E-state index in [2.05, 4.69) is 5.10 Å². The number of rotatable bonds is 5. The molecule has 0 radical (unpaired) electrons. The van der Waals surface area contributed by atoms with Crippen LogP contribution in [0.2, 0.25) is 0 Å². The van der Waals surface area contributed by atoms with Gasteiger partial charge in [-0.15, -0.1) is 16.4 Å².